The van der Waals surface area contributed by atoms with Gasteiger partial charge in [0.15, 0.2) is 5.96 Å². The van der Waals surface area contributed by atoms with Crippen LogP contribution < -0.4 is 10.6 Å². The molecule has 0 saturated carbocycles. The first-order valence-electron chi connectivity index (χ1n) is 10.6. The van der Waals surface area contributed by atoms with Crippen molar-refractivity contribution in [3.63, 3.8) is 0 Å². The Kier molecular flexibility index (Phi) is 8.93. The van der Waals surface area contributed by atoms with E-state index in [0.29, 0.717) is 5.96 Å². The molecule has 1 aromatic carbocycles. The van der Waals surface area contributed by atoms with E-state index in [4.69, 9.17) is 4.42 Å². The van der Waals surface area contributed by atoms with E-state index >= 15 is 0 Å². The van der Waals surface area contributed by atoms with Crippen molar-refractivity contribution in [1.29, 1.82) is 0 Å². The van der Waals surface area contributed by atoms with Gasteiger partial charge >= 0.3 is 0 Å². The topological polar surface area (TPSA) is 87.6 Å². The molecule has 0 aliphatic carbocycles. The van der Waals surface area contributed by atoms with Crippen molar-refractivity contribution in [1.82, 2.24) is 20.2 Å². The molecule has 0 bridgehead atoms. The second kappa shape index (κ2) is 11.0. The number of halogens is 1. The molecule has 3 rings (SSSR count). The van der Waals surface area contributed by atoms with Crippen LogP contribution in [0.5, 0.6) is 0 Å². The lowest BCUT2D eigenvalue weighted by atomic mass is 9.96. The first-order chi connectivity index (χ1) is 14.3. The van der Waals surface area contributed by atoms with Gasteiger partial charge in [-0.15, -0.1) is 24.0 Å². The van der Waals surface area contributed by atoms with Crippen molar-refractivity contribution in [2.24, 2.45) is 4.99 Å². The average Bonchev–Trinajstić information content (AvgIpc) is 3.21. The number of aromatic nitrogens is 2. The summed E-state index contributed by atoms with van der Waals surface area (Å²) in [5.41, 5.74) is 1.89. The van der Waals surface area contributed by atoms with Gasteiger partial charge in [-0.05, 0) is 59.2 Å². The van der Waals surface area contributed by atoms with E-state index in [2.05, 4.69) is 31.2 Å². The van der Waals surface area contributed by atoms with Crippen molar-refractivity contribution >= 4 is 41.0 Å². The number of benzene rings is 1. The van der Waals surface area contributed by atoms with Crippen LogP contribution in [-0.2, 0) is 12.1 Å². The summed E-state index contributed by atoms with van der Waals surface area (Å²) in [6.07, 6.45) is 0.933. The SMILES string of the molecule is CCNC(=NCC(C)(O)c1cc(C)oc1C)NCCCn1c(C)nc2ccccc21.I. The molecule has 0 aliphatic rings. The molecule has 0 aliphatic heterocycles. The molecule has 1 unspecified atom stereocenters. The number of guanidine groups is 1. The number of para-hydroxylation sites is 2. The fourth-order valence-electron chi connectivity index (χ4n) is 3.75. The zero-order valence-corrected chi connectivity index (χ0v) is 21.4. The Labute approximate surface area is 201 Å². The fraction of sp³-hybridized carbons (Fsp3) is 0.478. The third-order valence-corrected chi connectivity index (χ3v) is 5.21. The van der Waals surface area contributed by atoms with Gasteiger partial charge in [-0.3, -0.25) is 0 Å². The summed E-state index contributed by atoms with van der Waals surface area (Å²) in [5.74, 6) is 3.24. The number of nitrogens with one attached hydrogen (secondary N) is 2. The summed E-state index contributed by atoms with van der Waals surface area (Å²) < 4.78 is 7.81. The Bertz CT molecular complexity index is 1020. The molecule has 0 fully saturated rings. The van der Waals surface area contributed by atoms with E-state index in [1.165, 1.54) is 0 Å². The number of furan rings is 1. The van der Waals surface area contributed by atoms with E-state index < -0.39 is 5.60 Å². The number of aryl methyl sites for hydroxylation is 4. The highest BCUT2D eigenvalue weighted by Crippen LogP contribution is 2.27. The Morgan fingerprint density at radius 1 is 1.23 bits per heavy atom. The van der Waals surface area contributed by atoms with Crippen molar-refractivity contribution in [3.05, 3.63) is 53.2 Å². The summed E-state index contributed by atoms with van der Waals surface area (Å²) in [4.78, 5) is 9.22. The normalized spacial score (nSPS) is 13.7. The largest absolute Gasteiger partial charge is 0.466 e. The third kappa shape index (κ3) is 6.22. The molecular weight excluding hydrogens is 505 g/mol. The maximum atomic E-state index is 10.9. The Morgan fingerprint density at radius 2 is 1.97 bits per heavy atom. The van der Waals surface area contributed by atoms with Gasteiger partial charge in [0.1, 0.15) is 22.9 Å². The summed E-state index contributed by atoms with van der Waals surface area (Å²) in [6, 6.07) is 10.1. The number of imidazole rings is 1. The molecule has 0 spiro atoms. The average molecular weight is 539 g/mol. The third-order valence-electron chi connectivity index (χ3n) is 5.21. The van der Waals surface area contributed by atoms with Gasteiger partial charge in [0, 0.05) is 25.2 Å². The number of fused-ring (bicyclic) bond motifs is 1. The van der Waals surface area contributed by atoms with Crippen LogP contribution in [0.1, 0.15) is 43.2 Å². The predicted molar refractivity (Wildman–Crippen MR) is 136 cm³/mol. The summed E-state index contributed by atoms with van der Waals surface area (Å²) in [7, 11) is 0. The van der Waals surface area contributed by atoms with Gasteiger partial charge in [-0.2, -0.15) is 0 Å². The maximum Gasteiger partial charge on any atom is 0.191 e. The van der Waals surface area contributed by atoms with Crippen LogP contribution in [0.4, 0.5) is 0 Å². The Balaban J connectivity index is 0.00000341. The van der Waals surface area contributed by atoms with Crippen LogP contribution in [0.15, 0.2) is 39.7 Å². The minimum Gasteiger partial charge on any atom is -0.466 e. The zero-order valence-electron chi connectivity index (χ0n) is 19.0. The second-order valence-corrected chi connectivity index (χ2v) is 7.88. The number of aliphatic hydroxyl groups is 1. The number of rotatable bonds is 8. The molecule has 7 nitrogen and oxygen atoms in total. The fourth-order valence-corrected chi connectivity index (χ4v) is 3.75. The van der Waals surface area contributed by atoms with E-state index in [1.807, 2.05) is 52.0 Å². The first-order valence-corrected chi connectivity index (χ1v) is 10.6. The van der Waals surface area contributed by atoms with Crippen LogP contribution in [0.2, 0.25) is 0 Å². The molecular formula is C23H34IN5O2. The van der Waals surface area contributed by atoms with Crippen LogP contribution in [-0.4, -0.2) is 40.3 Å². The molecule has 3 aromatic rings. The Hall–Kier alpha value is -2.07. The molecule has 8 heteroatoms. The van der Waals surface area contributed by atoms with Gasteiger partial charge < -0.3 is 24.7 Å². The number of aliphatic imine (C=N–C) groups is 1. The monoisotopic (exact) mass is 539 g/mol. The van der Waals surface area contributed by atoms with Crippen LogP contribution in [0, 0.1) is 20.8 Å². The molecule has 1 atom stereocenters. The van der Waals surface area contributed by atoms with Crippen molar-refractivity contribution < 1.29 is 9.52 Å². The highest BCUT2D eigenvalue weighted by atomic mass is 127. The molecule has 0 radical (unpaired) electrons. The zero-order chi connectivity index (χ0) is 21.7. The molecule has 170 valence electrons. The quantitative estimate of drug-likeness (QED) is 0.174. The first kappa shape index (κ1) is 25.2. The number of hydrogen-bond donors (Lipinski definition) is 3. The summed E-state index contributed by atoms with van der Waals surface area (Å²) in [5, 5.41) is 17.5. The molecule has 0 amide bonds. The number of hydrogen-bond acceptors (Lipinski definition) is 4. The predicted octanol–water partition coefficient (Wildman–Crippen LogP) is 4.03. The molecule has 2 aromatic heterocycles. The van der Waals surface area contributed by atoms with Crippen LogP contribution >= 0.6 is 24.0 Å². The van der Waals surface area contributed by atoms with E-state index in [1.54, 1.807) is 6.92 Å². The second-order valence-electron chi connectivity index (χ2n) is 7.88. The van der Waals surface area contributed by atoms with Gasteiger partial charge in [0.2, 0.25) is 0 Å². The molecule has 0 saturated heterocycles. The molecule has 3 N–H and O–H groups in total. The summed E-state index contributed by atoms with van der Waals surface area (Å²) in [6.45, 7) is 12.2. The highest BCUT2D eigenvalue weighted by Gasteiger charge is 2.27. The van der Waals surface area contributed by atoms with Crippen molar-refractivity contribution in [3.8, 4) is 0 Å². The van der Waals surface area contributed by atoms with Gasteiger partial charge in [-0.25, -0.2) is 9.98 Å². The van der Waals surface area contributed by atoms with E-state index in [9.17, 15) is 5.11 Å². The highest BCUT2D eigenvalue weighted by molar-refractivity contribution is 14.0. The standard InChI is InChI=1S/C23H33N5O2.HI/c1-6-24-22(26-15-23(5,29)19-14-16(2)30-17(19)3)25-12-9-13-28-18(4)27-20-10-7-8-11-21(20)28;/h7-8,10-11,14,29H,6,9,12-13,15H2,1-5H3,(H2,24,25,26);1H. The molecule has 31 heavy (non-hydrogen) atoms. The minimum absolute atomic E-state index is 0. The van der Waals surface area contributed by atoms with E-state index in [0.717, 1.165) is 60.0 Å². The summed E-state index contributed by atoms with van der Waals surface area (Å²) >= 11 is 0. The maximum absolute atomic E-state index is 10.9. The van der Waals surface area contributed by atoms with Gasteiger partial charge in [0.25, 0.3) is 0 Å². The smallest absolute Gasteiger partial charge is 0.191 e. The van der Waals surface area contributed by atoms with Gasteiger partial charge in [0.05, 0.1) is 17.6 Å². The minimum atomic E-state index is -1.09. The van der Waals surface area contributed by atoms with Crippen molar-refractivity contribution in [2.45, 2.75) is 53.2 Å². The lowest BCUT2D eigenvalue weighted by Gasteiger charge is -2.21. The lowest BCUT2D eigenvalue weighted by Crippen LogP contribution is -2.39. The van der Waals surface area contributed by atoms with Crippen LogP contribution in [0.25, 0.3) is 11.0 Å². The Morgan fingerprint density at radius 3 is 2.65 bits per heavy atom. The number of nitrogens with zero attached hydrogens (tertiary/aromatic N) is 3. The van der Waals surface area contributed by atoms with Crippen LogP contribution in [0.3, 0.4) is 0 Å². The van der Waals surface area contributed by atoms with Crippen molar-refractivity contribution in [2.75, 3.05) is 19.6 Å². The van der Waals surface area contributed by atoms with Gasteiger partial charge in [-0.1, -0.05) is 12.1 Å². The lowest BCUT2D eigenvalue weighted by molar-refractivity contribution is 0.0657. The van der Waals surface area contributed by atoms with E-state index in [-0.39, 0.29) is 30.5 Å². The molecule has 2 heterocycles.